The van der Waals surface area contributed by atoms with Crippen molar-refractivity contribution in [2.45, 2.75) is 45.8 Å². The summed E-state index contributed by atoms with van der Waals surface area (Å²) in [7, 11) is 1.67. The molecule has 0 fully saturated rings. The van der Waals surface area contributed by atoms with Gasteiger partial charge in [0.25, 0.3) is 0 Å². The fraction of sp³-hybridized carbons (Fsp3) is 0.600. The Morgan fingerprint density at radius 2 is 2.05 bits per heavy atom. The van der Waals surface area contributed by atoms with Crippen molar-refractivity contribution in [2.75, 3.05) is 13.7 Å². The van der Waals surface area contributed by atoms with Gasteiger partial charge in [0.05, 0.1) is 18.2 Å². The van der Waals surface area contributed by atoms with Crippen LogP contribution in [-0.2, 0) is 17.8 Å². The van der Waals surface area contributed by atoms with E-state index >= 15 is 0 Å². The zero-order valence-electron chi connectivity index (χ0n) is 12.0. The Hall–Kier alpha value is -0.770. The summed E-state index contributed by atoms with van der Waals surface area (Å²) in [6.07, 6.45) is 2.65. The zero-order chi connectivity index (χ0) is 14.3. The third-order valence-electron chi connectivity index (χ3n) is 2.95. The lowest BCUT2D eigenvalue weighted by Crippen LogP contribution is -2.22. The molecule has 0 saturated carbocycles. The summed E-state index contributed by atoms with van der Waals surface area (Å²) < 4.78 is 10.9. The van der Waals surface area contributed by atoms with E-state index in [1.165, 1.54) is 0 Å². The number of methoxy groups -OCH3 is 1. The molecule has 4 heteroatoms. The maximum atomic E-state index is 6.31. The molecule has 0 aliphatic heterocycles. The Morgan fingerprint density at radius 3 is 2.63 bits per heavy atom. The first kappa shape index (κ1) is 16.3. The van der Waals surface area contributed by atoms with E-state index in [-0.39, 0.29) is 6.04 Å². The van der Waals surface area contributed by atoms with Gasteiger partial charge >= 0.3 is 0 Å². The van der Waals surface area contributed by atoms with Crippen molar-refractivity contribution in [1.82, 2.24) is 0 Å². The number of nitrogens with two attached hydrogens (primary N) is 1. The maximum absolute atomic E-state index is 6.31. The predicted molar refractivity (Wildman–Crippen MR) is 79.9 cm³/mol. The number of ether oxygens (including phenoxy) is 2. The zero-order valence-corrected chi connectivity index (χ0v) is 12.8. The first-order valence-electron chi connectivity index (χ1n) is 6.80. The highest BCUT2D eigenvalue weighted by molar-refractivity contribution is 6.32. The van der Waals surface area contributed by atoms with Crippen LogP contribution < -0.4 is 10.5 Å². The number of halogens is 1. The molecule has 0 amide bonds. The Bertz CT molecular complexity index is 396. The fourth-order valence-corrected chi connectivity index (χ4v) is 2.22. The van der Waals surface area contributed by atoms with Gasteiger partial charge in [-0.1, -0.05) is 25.4 Å². The number of benzene rings is 1. The van der Waals surface area contributed by atoms with Crippen LogP contribution in [0, 0.1) is 0 Å². The fourth-order valence-electron chi connectivity index (χ4n) is 1.91. The molecule has 0 radical (unpaired) electrons. The summed E-state index contributed by atoms with van der Waals surface area (Å²) in [6.45, 7) is 5.36. The molecule has 1 unspecified atom stereocenters. The number of hydrogen-bond acceptors (Lipinski definition) is 3. The highest BCUT2D eigenvalue weighted by Crippen LogP contribution is 2.32. The molecule has 0 aliphatic rings. The molecule has 0 aliphatic carbocycles. The van der Waals surface area contributed by atoms with Gasteiger partial charge in [0.2, 0.25) is 0 Å². The van der Waals surface area contributed by atoms with Crippen LogP contribution in [0.15, 0.2) is 12.1 Å². The average Bonchev–Trinajstić information content (AvgIpc) is 2.38. The molecule has 19 heavy (non-hydrogen) atoms. The van der Waals surface area contributed by atoms with E-state index in [0.717, 1.165) is 36.1 Å². The summed E-state index contributed by atoms with van der Waals surface area (Å²) in [5, 5.41) is 0.640. The summed E-state index contributed by atoms with van der Waals surface area (Å²) in [4.78, 5) is 0. The average molecular weight is 286 g/mol. The molecule has 0 saturated heterocycles. The monoisotopic (exact) mass is 285 g/mol. The standard InChI is InChI=1S/C15H24ClNO2/c1-4-6-19-15-12(9-13(17)5-2)7-11(10-18-3)8-14(15)16/h7-8,13H,4-6,9-10,17H2,1-3H3. The Kier molecular flexibility index (Phi) is 7.21. The van der Waals surface area contributed by atoms with Crippen LogP contribution in [0.25, 0.3) is 0 Å². The third kappa shape index (κ3) is 5.01. The van der Waals surface area contributed by atoms with Crippen molar-refractivity contribution in [1.29, 1.82) is 0 Å². The van der Waals surface area contributed by atoms with Gasteiger partial charge < -0.3 is 15.2 Å². The summed E-state index contributed by atoms with van der Waals surface area (Å²) in [5.41, 5.74) is 8.17. The van der Waals surface area contributed by atoms with Gasteiger partial charge in [-0.15, -0.1) is 0 Å². The third-order valence-corrected chi connectivity index (χ3v) is 3.23. The molecule has 0 aromatic heterocycles. The Labute approximate surface area is 121 Å². The lowest BCUT2D eigenvalue weighted by Gasteiger charge is -2.17. The number of hydrogen-bond donors (Lipinski definition) is 1. The summed E-state index contributed by atoms with van der Waals surface area (Å²) >= 11 is 6.31. The first-order valence-corrected chi connectivity index (χ1v) is 7.18. The molecule has 0 heterocycles. The highest BCUT2D eigenvalue weighted by Gasteiger charge is 2.13. The van der Waals surface area contributed by atoms with Crippen molar-refractivity contribution in [2.24, 2.45) is 5.73 Å². The smallest absolute Gasteiger partial charge is 0.141 e. The van der Waals surface area contributed by atoms with Crippen molar-refractivity contribution in [3.63, 3.8) is 0 Å². The molecular weight excluding hydrogens is 262 g/mol. The van der Waals surface area contributed by atoms with Gasteiger partial charge in [0.1, 0.15) is 5.75 Å². The summed E-state index contributed by atoms with van der Waals surface area (Å²) in [5.74, 6) is 0.771. The minimum absolute atomic E-state index is 0.123. The summed E-state index contributed by atoms with van der Waals surface area (Å²) in [6, 6.07) is 4.10. The topological polar surface area (TPSA) is 44.5 Å². The molecule has 0 bridgehead atoms. The minimum atomic E-state index is 0.123. The van der Waals surface area contributed by atoms with E-state index in [2.05, 4.69) is 19.9 Å². The van der Waals surface area contributed by atoms with Gasteiger partial charge in [-0.2, -0.15) is 0 Å². The predicted octanol–water partition coefficient (Wildman–Crippen LogP) is 3.56. The van der Waals surface area contributed by atoms with Gasteiger partial charge in [-0.3, -0.25) is 0 Å². The molecule has 108 valence electrons. The second-order valence-electron chi connectivity index (χ2n) is 4.72. The van der Waals surface area contributed by atoms with Gasteiger partial charge in [0, 0.05) is 13.2 Å². The molecule has 3 nitrogen and oxygen atoms in total. The van der Waals surface area contributed by atoms with Gasteiger partial charge in [0.15, 0.2) is 0 Å². The molecule has 1 aromatic rings. The van der Waals surface area contributed by atoms with Crippen LogP contribution >= 0.6 is 11.6 Å². The van der Waals surface area contributed by atoms with E-state index in [0.29, 0.717) is 18.2 Å². The van der Waals surface area contributed by atoms with E-state index in [4.69, 9.17) is 26.8 Å². The van der Waals surface area contributed by atoms with Crippen LogP contribution in [0.5, 0.6) is 5.75 Å². The van der Waals surface area contributed by atoms with E-state index in [9.17, 15) is 0 Å². The van der Waals surface area contributed by atoms with Crippen LogP contribution in [0.4, 0.5) is 0 Å². The lowest BCUT2D eigenvalue weighted by molar-refractivity contribution is 0.184. The molecule has 1 aromatic carbocycles. The SMILES string of the molecule is CCCOc1c(Cl)cc(COC)cc1CC(N)CC. The Balaban J connectivity index is 3.03. The van der Waals surface area contributed by atoms with Crippen molar-refractivity contribution in [3.05, 3.63) is 28.3 Å². The van der Waals surface area contributed by atoms with Crippen LogP contribution in [0.2, 0.25) is 5.02 Å². The quantitative estimate of drug-likeness (QED) is 0.794. The van der Waals surface area contributed by atoms with Crippen LogP contribution in [-0.4, -0.2) is 19.8 Å². The minimum Gasteiger partial charge on any atom is -0.492 e. The van der Waals surface area contributed by atoms with Crippen molar-refractivity contribution < 1.29 is 9.47 Å². The van der Waals surface area contributed by atoms with Crippen LogP contribution in [0.3, 0.4) is 0 Å². The largest absolute Gasteiger partial charge is 0.492 e. The lowest BCUT2D eigenvalue weighted by atomic mass is 10.0. The second-order valence-corrected chi connectivity index (χ2v) is 5.13. The number of rotatable bonds is 8. The van der Waals surface area contributed by atoms with E-state index in [1.807, 2.05) is 6.07 Å². The van der Waals surface area contributed by atoms with E-state index in [1.54, 1.807) is 7.11 Å². The van der Waals surface area contributed by atoms with Crippen molar-refractivity contribution in [3.8, 4) is 5.75 Å². The van der Waals surface area contributed by atoms with E-state index < -0.39 is 0 Å². The molecule has 1 atom stereocenters. The Morgan fingerprint density at radius 1 is 1.32 bits per heavy atom. The molecular formula is C15H24ClNO2. The highest BCUT2D eigenvalue weighted by atomic mass is 35.5. The van der Waals surface area contributed by atoms with Gasteiger partial charge in [-0.25, -0.2) is 0 Å². The van der Waals surface area contributed by atoms with Gasteiger partial charge in [-0.05, 0) is 42.5 Å². The maximum Gasteiger partial charge on any atom is 0.141 e. The molecule has 1 rings (SSSR count). The second kappa shape index (κ2) is 8.41. The van der Waals surface area contributed by atoms with Crippen LogP contribution in [0.1, 0.15) is 37.8 Å². The van der Waals surface area contributed by atoms with Crippen molar-refractivity contribution >= 4 is 11.6 Å². The normalized spacial score (nSPS) is 12.5. The first-order chi connectivity index (χ1) is 9.12. The molecule has 2 N–H and O–H groups in total. The molecule has 0 spiro atoms.